The Bertz CT molecular complexity index is 452. The fourth-order valence-electron chi connectivity index (χ4n) is 1.35. The lowest BCUT2D eigenvalue weighted by Crippen LogP contribution is -1.83. The number of nitriles is 1. The fourth-order valence-corrected chi connectivity index (χ4v) is 1.35. The van der Waals surface area contributed by atoms with Gasteiger partial charge in [0.15, 0.2) is 0 Å². The van der Waals surface area contributed by atoms with Gasteiger partial charge in [-0.2, -0.15) is 5.26 Å². The highest BCUT2D eigenvalue weighted by atomic mass is 14.2. The smallest absolute Gasteiger partial charge is 0.0991 e. The van der Waals surface area contributed by atoms with Crippen LogP contribution in [0.15, 0.2) is 60.7 Å². The Morgan fingerprint density at radius 2 is 1.29 bits per heavy atom. The predicted molar refractivity (Wildman–Crippen MR) is 71.7 cm³/mol. The fraction of sp³-hybridized carbons (Fsp3) is 0.188. The third-order valence-electron chi connectivity index (χ3n) is 2.37. The summed E-state index contributed by atoms with van der Waals surface area (Å²) in [5, 5.41) is 8.29. The van der Waals surface area contributed by atoms with Crippen LogP contribution >= 0.6 is 0 Å². The van der Waals surface area contributed by atoms with E-state index < -0.39 is 0 Å². The normalized spacial score (nSPS) is 9.06. The van der Waals surface area contributed by atoms with Crippen molar-refractivity contribution >= 4 is 0 Å². The molecule has 0 spiro atoms. The third kappa shape index (κ3) is 4.99. The molecule has 2 aromatic carbocycles. The Hall–Kier alpha value is -2.07. The van der Waals surface area contributed by atoms with Crippen LogP contribution in [0.2, 0.25) is 0 Å². The zero-order valence-corrected chi connectivity index (χ0v) is 10.3. The number of hydrogen-bond donors (Lipinski definition) is 0. The molecule has 0 radical (unpaired) electrons. The highest BCUT2D eigenvalue weighted by molar-refractivity contribution is 5.27. The van der Waals surface area contributed by atoms with E-state index in [2.05, 4.69) is 38.1 Å². The molecule has 1 heteroatoms. The monoisotopic (exact) mass is 223 g/mol. The van der Waals surface area contributed by atoms with Gasteiger partial charge in [-0.25, -0.2) is 0 Å². The molecule has 0 aliphatic heterocycles. The van der Waals surface area contributed by atoms with Gasteiger partial charge in [0.2, 0.25) is 0 Å². The minimum Gasteiger partial charge on any atom is -0.192 e. The summed E-state index contributed by atoms with van der Waals surface area (Å²) < 4.78 is 0. The zero-order valence-electron chi connectivity index (χ0n) is 10.3. The summed E-state index contributed by atoms with van der Waals surface area (Å²) in [6.07, 6.45) is 0. The second-order valence-electron chi connectivity index (χ2n) is 4.04. The first-order valence-electron chi connectivity index (χ1n) is 5.74. The summed E-state index contributed by atoms with van der Waals surface area (Å²) in [5.41, 5.74) is 2.13. The Labute approximate surface area is 103 Å². The molecule has 0 bridgehead atoms. The van der Waals surface area contributed by atoms with E-state index in [1.54, 1.807) is 12.1 Å². The lowest BCUT2D eigenvalue weighted by atomic mass is 10.0. The number of benzene rings is 2. The van der Waals surface area contributed by atoms with E-state index >= 15 is 0 Å². The van der Waals surface area contributed by atoms with E-state index in [0.29, 0.717) is 11.5 Å². The van der Waals surface area contributed by atoms with Crippen molar-refractivity contribution in [2.24, 2.45) is 0 Å². The van der Waals surface area contributed by atoms with E-state index in [-0.39, 0.29) is 0 Å². The Balaban J connectivity index is 0.000000171. The van der Waals surface area contributed by atoms with Gasteiger partial charge in [0.25, 0.3) is 0 Å². The number of rotatable bonds is 1. The van der Waals surface area contributed by atoms with Crippen molar-refractivity contribution in [3.05, 3.63) is 71.8 Å². The molecule has 86 valence electrons. The van der Waals surface area contributed by atoms with E-state index in [1.165, 1.54) is 5.56 Å². The average Bonchev–Trinajstić information content (AvgIpc) is 2.41. The van der Waals surface area contributed by atoms with Gasteiger partial charge in [-0.1, -0.05) is 62.4 Å². The van der Waals surface area contributed by atoms with Crippen molar-refractivity contribution < 1.29 is 0 Å². The third-order valence-corrected chi connectivity index (χ3v) is 2.37. The number of nitrogens with zero attached hydrogens (tertiary/aromatic N) is 1. The molecule has 0 amide bonds. The summed E-state index contributed by atoms with van der Waals surface area (Å²) in [5.74, 6) is 0.659. The van der Waals surface area contributed by atoms with Crippen LogP contribution in [0.5, 0.6) is 0 Å². The maximum absolute atomic E-state index is 8.29. The van der Waals surface area contributed by atoms with Crippen LogP contribution in [0, 0.1) is 11.3 Å². The van der Waals surface area contributed by atoms with Gasteiger partial charge in [0.05, 0.1) is 11.6 Å². The molecule has 0 aliphatic carbocycles. The highest BCUT2D eigenvalue weighted by Crippen LogP contribution is 2.11. The second-order valence-corrected chi connectivity index (χ2v) is 4.04. The summed E-state index contributed by atoms with van der Waals surface area (Å²) in [6, 6.07) is 21.7. The Kier molecular flexibility index (Phi) is 5.54. The molecule has 17 heavy (non-hydrogen) atoms. The molecule has 0 atom stereocenters. The van der Waals surface area contributed by atoms with Crippen LogP contribution in [0.4, 0.5) is 0 Å². The Morgan fingerprint density at radius 3 is 1.59 bits per heavy atom. The van der Waals surface area contributed by atoms with E-state index in [0.717, 1.165) is 0 Å². The molecule has 1 nitrogen and oxygen atoms in total. The molecule has 0 aliphatic rings. The summed E-state index contributed by atoms with van der Waals surface area (Å²) in [7, 11) is 0. The molecule has 0 fully saturated rings. The van der Waals surface area contributed by atoms with Gasteiger partial charge in [0.1, 0.15) is 0 Å². The zero-order chi connectivity index (χ0) is 12.5. The molecular weight excluding hydrogens is 206 g/mol. The van der Waals surface area contributed by atoms with E-state index in [9.17, 15) is 0 Å². The van der Waals surface area contributed by atoms with Gasteiger partial charge in [-0.15, -0.1) is 0 Å². The minimum absolute atomic E-state index is 0.659. The quantitative estimate of drug-likeness (QED) is 0.704. The molecule has 0 N–H and O–H groups in total. The van der Waals surface area contributed by atoms with Gasteiger partial charge in [-0.05, 0) is 23.6 Å². The summed E-state index contributed by atoms with van der Waals surface area (Å²) >= 11 is 0. The van der Waals surface area contributed by atoms with Gasteiger partial charge in [0, 0.05) is 0 Å². The van der Waals surface area contributed by atoms with E-state index in [1.807, 2.05) is 30.3 Å². The molecule has 2 aromatic rings. The van der Waals surface area contributed by atoms with Gasteiger partial charge < -0.3 is 0 Å². The van der Waals surface area contributed by atoms with Crippen LogP contribution in [0.1, 0.15) is 30.9 Å². The predicted octanol–water partition coefficient (Wildman–Crippen LogP) is 4.37. The topological polar surface area (TPSA) is 23.8 Å². The van der Waals surface area contributed by atoms with Gasteiger partial charge >= 0.3 is 0 Å². The lowest BCUT2D eigenvalue weighted by Gasteiger charge is -2.01. The first-order valence-corrected chi connectivity index (χ1v) is 5.74. The first-order chi connectivity index (χ1) is 8.24. The van der Waals surface area contributed by atoms with Crippen LogP contribution in [0.3, 0.4) is 0 Å². The Morgan fingerprint density at radius 1 is 0.824 bits per heavy atom. The molecule has 0 aromatic heterocycles. The maximum atomic E-state index is 8.29. The van der Waals surface area contributed by atoms with Crippen molar-refractivity contribution in [3.63, 3.8) is 0 Å². The first kappa shape index (κ1) is 13.0. The van der Waals surface area contributed by atoms with Crippen LogP contribution in [-0.4, -0.2) is 0 Å². The lowest BCUT2D eigenvalue weighted by molar-refractivity contribution is 0.867. The SMILES string of the molecule is CC(C)c1ccccc1.N#Cc1ccccc1. The van der Waals surface area contributed by atoms with Crippen LogP contribution < -0.4 is 0 Å². The minimum atomic E-state index is 0.659. The van der Waals surface area contributed by atoms with Crippen molar-refractivity contribution in [3.8, 4) is 6.07 Å². The summed E-state index contributed by atoms with van der Waals surface area (Å²) in [6.45, 7) is 4.41. The van der Waals surface area contributed by atoms with Crippen LogP contribution in [-0.2, 0) is 0 Å². The van der Waals surface area contributed by atoms with E-state index in [4.69, 9.17) is 5.26 Å². The average molecular weight is 223 g/mol. The molecule has 0 unspecified atom stereocenters. The maximum Gasteiger partial charge on any atom is 0.0991 e. The largest absolute Gasteiger partial charge is 0.192 e. The standard InChI is InChI=1S/C9H12.C7H5N/c1-8(2)9-6-4-3-5-7-9;8-6-7-4-2-1-3-5-7/h3-8H,1-2H3;1-5H. The number of hydrogen-bond acceptors (Lipinski definition) is 1. The molecular formula is C16H17N. The second kappa shape index (κ2) is 7.24. The van der Waals surface area contributed by atoms with Gasteiger partial charge in [-0.3, -0.25) is 0 Å². The molecule has 0 saturated carbocycles. The van der Waals surface area contributed by atoms with Crippen LogP contribution in [0.25, 0.3) is 0 Å². The molecule has 0 heterocycles. The molecule has 0 saturated heterocycles. The van der Waals surface area contributed by atoms with Crippen molar-refractivity contribution in [2.75, 3.05) is 0 Å². The van der Waals surface area contributed by atoms with Crippen molar-refractivity contribution in [1.82, 2.24) is 0 Å². The molecule has 2 rings (SSSR count). The van der Waals surface area contributed by atoms with Crippen molar-refractivity contribution in [2.45, 2.75) is 19.8 Å². The van der Waals surface area contributed by atoms with Crippen molar-refractivity contribution in [1.29, 1.82) is 5.26 Å². The highest BCUT2D eigenvalue weighted by Gasteiger charge is 1.93. The summed E-state index contributed by atoms with van der Waals surface area (Å²) in [4.78, 5) is 0.